The van der Waals surface area contributed by atoms with Crippen LogP contribution in [0.5, 0.6) is 0 Å². The van der Waals surface area contributed by atoms with Gasteiger partial charge < -0.3 is 20.1 Å². The predicted molar refractivity (Wildman–Crippen MR) is 101 cm³/mol. The highest BCUT2D eigenvalue weighted by molar-refractivity contribution is 7.09. The highest BCUT2D eigenvalue weighted by atomic mass is 32.1. The molecule has 0 saturated carbocycles. The molecule has 0 fully saturated rings. The number of carbonyl (C=O) groups excluding carboxylic acids is 3. The van der Waals surface area contributed by atoms with Crippen LogP contribution in [0.25, 0.3) is 0 Å². The van der Waals surface area contributed by atoms with Crippen molar-refractivity contribution in [1.82, 2.24) is 4.90 Å². The molecule has 144 valence electrons. The van der Waals surface area contributed by atoms with Crippen LogP contribution in [-0.4, -0.2) is 49.6 Å². The van der Waals surface area contributed by atoms with E-state index >= 15 is 0 Å². The van der Waals surface area contributed by atoms with Gasteiger partial charge in [-0.1, -0.05) is 18.2 Å². The zero-order valence-corrected chi connectivity index (χ0v) is 16.0. The van der Waals surface area contributed by atoms with Gasteiger partial charge in [0.2, 0.25) is 5.91 Å². The third-order valence-electron chi connectivity index (χ3n) is 4.05. The Morgan fingerprint density at radius 2 is 1.81 bits per heavy atom. The lowest BCUT2D eigenvalue weighted by Gasteiger charge is -2.29. The first-order valence-electron chi connectivity index (χ1n) is 8.27. The first kappa shape index (κ1) is 20.6. The fourth-order valence-corrected chi connectivity index (χ4v) is 3.37. The summed E-state index contributed by atoms with van der Waals surface area (Å²) >= 11 is 1.50. The van der Waals surface area contributed by atoms with Gasteiger partial charge in [-0.05, 0) is 29.1 Å². The molecule has 0 aliphatic heterocycles. The molecule has 2 rings (SSSR count). The summed E-state index contributed by atoms with van der Waals surface area (Å²) in [5, 5.41) is 1.91. The summed E-state index contributed by atoms with van der Waals surface area (Å²) in [4.78, 5) is 38.7. The van der Waals surface area contributed by atoms with Crippen LogP contribution in [0.15, 0.2) is 41.8 Å². The molecule has 1 amide bonds. The molecule has 1 aromatic carbocycles. The lowest BCUT2D eigenvalue weighted by atomic mass is 10.1. The second kappa shape index (κ2) is 9.84. The molecule has 1 heterocycles. The summed E-state index contributed by atoms with van der Waals surface area (Å²) in [5.41, 5.74) is 6.72. The largest absolute Gasteiger partial charge is 0.467 e. The first-order chi connectivity index (χ1) is 13.0. The van der Waals surface area contributed by atoms with Crippen LogP contribution in [0.3, 0.4) is 0 Å². The van der Waals surface area contributed by atoms with Gasteiger partial charge in [0, 0.05) is 17.8 Å². The van der Waals surface area contributed by atoms with Gasteiger partial charge in [-0.25, -0.2) is 9.59 Å². The molecule has 0 spiro atoms. The van der Waals surface area contributed by atoms with Gasteiger partial charge in [0.15, 0.2) is 0 Å². The summed E-state index contributed by atoms with van der Waals surface area (Å²) < 4.78 is 9.59. The van der Waals surface area contributed by atoms with Crippen molar-refractivity contribution in [3.63, 3.8) is 0 Å². The summed E-state index contributed by atoms with van der Waals surface area (Å²) in [6, 6.07) is 9.64. The number of rotatable bonds is 8. The second-order valence-electron chi connectivity index (χ2n) is 5.74. The lowest BCUT2D eigenvalue weighted by Crippen LogP contribution is -2.48. The van der Waals surface area contributed by atoms with E-state index in [0.29, 0.717) is 12.0 Å². The number of hydrogen-bond acceptors (Lipinski definition) is 7. The monoisotopic (exact) mass is 390 g/mol. The zero-order valence-electron chi connectivity index (χ0n) is 15.2. The summed E-state index contributed by atoms with van der Waals surface area (Å²) in [5.74, 6) is -1.31. The molecule has 0 radical (unpaired) electrons. The van der Waals surface area contributed by atoms with Gasteiger partial charge >= 0.3 is 11.9 Å². The molecular weight excluding hydrogens is 368 g/mol. The Morgan fingerprint density at radius 3 is 2.33 bits per heavy atom. The SMILES string of the molecule is COC(=O)c1ccc(CN(C(=O)CN)[C@H](Cc2cccs2)C(=O)OC)cc1. The topological polar surface area (TPSA) is 98.9 Å². The summed E-state index contributed by atoms with van der Waals surface area (Å²) in [6.45, 7) is -0.0548. The third-order valence-corrected chi connectivity index (χ3v) is 4.95. The number of ether oxygens (including phenoxy) is 2. The Labute approximate surface area is 161 Å². The van der Waals surface area contributed by atoms with Gasteiger partial charge in [-0.2, -0.15) is 0 Å². The summed E-state index contributed by atoms with van der Waals surface area (Å²) in [7, 11) is 2.60. The molecule has 0 aliphatic carbocycles. The van der Waals surface area contributed by atoms with Gasteiger partial charge in [-0.3, -0.25) is 4.79 Å². The highest BCUT2D eigenvalue weighted by Gasteiger charge is 2.30. The normalized spacial score (nSPS) is 11.5. The van der Waals surface area contributed by atoms with Crippen molar-refractivity contribution in [2.24, 2.45) is 5.73 Å². The van der Waals surface area contributed by atoms with E-state index in [1.54, 1.807) is 24.3 Å². The number of hydrogen-bond donors (Lipinski definition) is 1. The van der Waals surface area contributed by atoms with Crippen LogP contribution in [0.1, 0.15) is 20.8 Å². The predicted octanol–water partition coefficient (Wildman–Crippen LogP) is 1.61. The van der Waals surface area contributed by atoms with Crippen molar-refractivity contribution in [3.05, 3.63) is 57.8 Å². The Balaban J connectivity index is 2.27. The molecule has 8 heteroatoms. The van der Waals surface area contributed by atoms with E-state index in [1.165, 1.54) is 30.5 Å². The molecule has 2 aromatic rings. The van der Waals surface area contributed by atoms with Crippen molar-refractivity contribution >= 4 is 29.2 Å². The number of carbonyl (C=O) groups is 3. The van der Waals surface area contributed by atoms with E-state index in [2.05, 4.69) is 4.74 Å². The van der Waals surface area contributed by atoms with Gasteiger partial charge in [0.1, 0.15) is 6.04 Å². The Bertz CT molecular complexity index is 774. The zero-order chi connectivity index (χ0) is 19.8. The molecule has 7 nitrogen and oxygen atoms in total. The van der Waals surface area contributed by atoms with Crippen molar-refractivity contribution in [3.8, 4) is 0 Å². The maximum atomic E-state index is 12.5. The maximum Gasteiger partial charge on any atom is 0.337 e. The Morgan fingerprint density at radius 1 is 1.11 bits per heavy atom. The summed E-state index contributed by atoms with van der Waals surface area (Å²) in [6.07, 6.45) is 0.344. The van der Waals surface area contributed by atoms with E-state index in [9.17, 15) is 14.4 Å². The molecule has 27 heavy (non-hydrogen) atoms. The van der Waals surface area contributed by atoms with E-state index in [1.807, 2.05) is 17.5 Å². The molecule has 0 aliphatic rings. The standard InChI is InChI=1S/C19H22N2O5S/c1-25-18(23)14-7-5-13(6-8-14)12-21(17(22)11-20)16(19(24)26-2)10-15-4-3-9-27-15/h3-9,16H,10-12,20H2,1-2H3/t16-/m1/s1. The number of methoxy groups -OCH3 is 2. The minimum Gasteiger partial charge on any atom is -0.467 e. The fraction of sp³-hybridized carbons (Fsp3) is 0.316. The number of amides is 1. The van der Waals surface area contributed by atoms with Crippen molar-refractivity contribution < 1.29 is 23.9 Å². The average molecular weight is 390 g/mol. The van der Waals surface area contributed by atoms with Gasteiger partial charge in [-0.15, -0.1) is 11.3 Å². The fourth-order valence-electron chi connectivity index (χ4n) is 2.63. The Kier molecular flexibility index (Phi) is 7.51. The highest BCUT2D eigenvalue weighted by Crippen LogP contribution is 2.18. The molecule has 0 bridgehead atoms. The van der Waals surface area contributed by atoms with Crippen LogP contribution in [-0.2, 0) is 32.0 Å². The number of thiophene rings is 1. The van der Waals surface area contributed by atoms with E-state index in [4.69, 9.17) is 10.5 Å². The van der Waals surface area contributed by atoms with Crippen molar-refractivity contribution in [1.29, 1.82) is 0 Å². The van der Waals surface area contributed by atoms with Gasteiger partial charge in [0.25, 0.3) is 0 Å². The second-order valence-corrected chi connectivity index (χ2v) is 6.77. The van der Waals surface area contributed by atoms with Crippen LogP contribution >= 0.6 is 11.3 Å². The third kappa shape index (κ3) is 5.38. The molecule has 1 aromatic heterocycles. The van der Waals surface area contributed by atoms with Crippen LogP contribution in [0.2, 0.25) is 0 Å². The quantitative estimate of drug-likeness (QED) is 0.688. The molecule has 0 saturated heterocycles. The number of esters is 2. The van der Waals surface area contributed by atoms with E-state index < -0.39 is 18.0 Å². The van der Waals surface area contributed by atoms with Crippen LogP contribution < -0.4 is 5.73 Å². The number of nitrogens with zero attached hydrogens (tertiary/aromatic N) is 1. The smallest absolute Gasteiger partial charge is 0.337 e. The van der Waals surface area contributed by atoms with E-state index in [0.717, 1.165) is 10.4 Å². The molecule has 2 N–H and O–H groups in total. The van der Waals surface area contributed by atoms with Gasteiger partial charge in [0.05, 0.1) is 26.3 Å². The molecular formula is C19H22N2O5S. The number of benzene rings is 1. The number of nitrogens with two attached hydrogens (primary N) is 1. The van der Waals surface area contributed by atoms with E-state index in [-0.39, 0.29) is 19.0 Å². The Hall–Kier alpha value is -2.71. The molecule has 0 unspecified atom stereocenters. The minimum atomic E-state index is -0.787. The van der Waals surface area contributed by atoms with Crippen LogP contribution in [0.4, 0.5) is 0 Å². The van der Waals surface area contributed by atoms with Crippen molar-refractivity contribution in [2.45, 2.75) is 19.0 Å². The average Bonchev–Trinajstić information content (AvgIpc) is 3.22. The maximum absolute atomic E-state index is 12.5. The minimum absolute atomic E-state index is 0.169. The first-order valence-corrected chi connectivity index (χ1v) is 9.15. The molecule has 1 atom stereocenters. The van der Waals surface area contributed by atoms with Crippen LogP contribution in [0, 0.1) is 0 Å². The lowest BCUT2D eigenvalue weighted by molar-refractivity contribution is -0.152. The van der Waals surface area contributed by atoms with Crippen molar-refractivity contribution in [2.75, 3.05) is 20.8 Å².